The molecule has 244 valence electrons. The Bertz CT molecular complexity index is 2180. The zero-order valence-electron chi connectivity index (χ0n) is 26.2. The first-order valence-corrected chi connectivity index (χ1v) is 16.6. The predicted molar refractivity (Wildman–Crippen MR) is 185 cm³/mol. The average Bonchev–Trinajstić information content (AvgIpc) is 3.41. The minimum atomic E-state index is -0.813. The van der Waals surface area contributed by atoms with E-state index in [1.807, 2.05) is 48.5 Å². The molecule has 1 aromatic heterocycles. The first kappa shape index (κ1) is 32.9. The molecule has 8 nitrogen and oxygen atoms in total. The van der Waals surface area contributed by atoms with Crippen molar-refractivity contribution in [2.24, 2.45) is 4.99 Å². The number of thiazole rings is 1. The lowest BCUT2D eigenvalue weighted by atomic mass is 9.93. The van der Waals surface area contributed by atoms with Gasteiger partial charge in [0.1, 0.15) is 18.2 Å². The summed E-state index contributed by atoms with van der Waals surface area (Å²) in [6, 6.07) is 25.5. The minimum absolute atomic E-state index is 0.157. The van der Waals surface area contributed by atoms with E-state index in [-0.39, 0.29) is 30.2 Å². The lowest BCUT2D eigenvalue weighted by molar-refractivity contribution is -0.138. The van der Waals surface area contributed by atoms with Crippen LogP contribution in [0, 0.1) is 5.82 Å². The highest BCUT2D eigenvalue weighted by atomic mass is 79.9. The maximum Gasteiger partial charge on any atom is 0.338 e. The van der Waals surface area contributed by atoms with Gasteiger partial charge in [-0.15, -0.1) is 0 Å². The number of halogens is 2. The Hall–Kier alpha value is -5.00. The molecule has 1 aliphatic rings. The number of benzene rings is 4. The van der Waals surface area contributed by atoms with Crippen LogP contribution in [-0.4, -0.2) is 31.4 Å². The third-order valence-corrected chi connectivity index (χ3v) is 9.22. The van der Waals surface area contributed by atoms with Gasteiger partial charge in [-0.1, -0.05) is 65.9 Å². The molecule has 1 atom stereocenters. The van der Waals surface area contributed by atoms with Gasteiger partial charge in [-0.3, -0.25) is 9.36 Å². The summed E-state index contributed by atoms with van der Waals surface area (Å²) >= 11 is 4.81. The van der Waals surface area contributed by atoms with Gasteiger partial charge in [-0.05, 0) is 82.0 Å². The van der Waals surface area contributed by atoms with E-state index in [4.69, 9.17) is 23.9 Å². The Morgan fingerprint density at radius 3 is 2.40 bits per heavy atom. The Kier molecular flexibility index (Phi) is 9.88. The molecule has 4 aromatic carbocycles. The van der Waals surface area contributed by atoms with Crippen LogP contribution >= 0.6 is 27.3 Å². The average molecular weight is 730 g/mol. The summed E-state index contributed by atoms with van der Waals surface area (Å²) in [6.45, 7) is 2.10. The van der Waals surface area contributed by atoms with E-state index in [1.165, 1.54) is 30.6 Å². The van der Waals surface area contributed by atoms with Gasteiger partial charge < -0.3 is 18.9 Å². The van der Waals surface area contributed by atoms with Crippen LogP contribution in [0.1, 0.15) is 35.2 Å². The molecule has 5 aromatic rings. The Morgan fingerprint density at radius 2 is 1.73 bits per heavy atom. The summed E-state index contributed by atoms with van der Waals surface area (Å²) in [5.41, 5.74) is 3.27. The number of hydrogen-bond donors (Lipinski definition) is 0. The molecule has 0 spiro atoms. The van der Waals surface area contributed by atoms with Crippen molar-refractivity contribution in [1.82, 2.24) is 4.57 Å². The second-order valence-electron chi connectivity index (χ2n) is 10.7. The molecular weight excluding hydrogens is 699 g/mol. The highest BCUT2D eigenvalue weighted by Crippen LogP contribution is 2.38. The predicted octanol–water partition coefficient (Wildman–Crippen LogP) is 6.43. The number of methoxy groups -OCH3 is 2. The van der Waals surface area contributed by atoms with Gasteiger partial charge in [0.15, 0.2) is 16.3 Å². The third-order valence-electron chi connectivity index (χ3n) is 7.65. The maximum absolute atomic E-state index is 14.3. The molecule has 0 aliphatic carbocycles. The van der Waals surface area contributed by atoms with E-state index in [1.54, 1.807) is 55.0 Å². The van der Waals surface area contributed by atoms with Crippen molar-refractivity contribution in [1.29, 1.82) is 0 Å². The van der Waals surface area contributed by atoms with Gasteiger partial charge in [0, 0.05) is 5.56 Å². The fraction of sp³-hybridized carbons (Fsp3) is 0.162. The summed E-state index contributed by atoms with van der Waals surface area (Å²) in [6.07, 6.45) is 1.75. The maximum atomic E-state index is 14.3. The zero-order chi connectivity index (χ0) is 33.8. The number of nitrogens with zero attached hydrogens (tertiary/aromatic N) is 2. The number of esters is 1. The largest absolute Gasteiger partial charge is 0.497 e. The Morgan fingerprint density at radius 1 is 1.00 bits per heavy atom. The summed E-state index contributed by atoms with van der Waals surface area (Å²) in [7, 11) is 3.11. The molecule has 48 heavy (non-hydrogen) atoms. The van der Waals surface area contributed by atoms with Crippen LogP contribution in [0.4, 0.5) is 4.39 Å². The van der Waals surface area contributed by atoms with Crippen LogP contribution in [0.25, 0.3) is 11.8 Å². The summed E-state index contributed by atoms with van der Waals surface area (Å²) in [4.78, 5) is 33.3. The Balaban J connectivity index is 1.49. The van der Waals surface area contributed by atoms with Crippen LogP contribution in [0.15, 0.2) is 111 Å². The van der Waals surface area contributed by atoms with Crippen LogP contribution < -0.4 is 29.1 Å². The van der Waals surface area contributed by atoms with Crippen LogP contribution in [-0.2, 0) is 16.1 Å². The number of hydrogen-bond acceptors (Lipinski definition) is 8. The number of rotatable bonds is 10. The summed E-state index contributed by atoms with van der Waals surface area (Å²) in [5, 5.41) is 0. The van der Waals surface area contributed by atoms with E-state index < -0.39 is 12.0 Å². The van der Waals surface area contributed by atoms with E-state index in [0.29, 0.717) is 47.9 Å². The SMILES string of the molecule is CCOC(=O)C1=C(c2ccccc2)N=c2s/c(=C\c3cc(Br)c(OCc4ccc(F)cc4)c(OC)c3)c(=O)n2[C@H]1c1ccc(OC)cc1. The van der Waals surface area contributed by atoms with Crippen molar-refractivity contribution in [2.75, 3.05) is 20.8 Å². The molecule has 1 aliphatic heterocycles. The van der Waals surface area contributed by atoms with Crippen molar-refractivity contribution in [2.45, 2.75) is 19.6 Å². The summed E-state index contributed by atoms with van der Waals surface area (Å²) < 4.78 is 38.5. The standard InChI is InChI=1S/C37H30BrFN2O6S/c1-4-46-36(43)31-32(24-8-6-5-7-9-24)40-37-41(33(31)25-12-16-27(44-2)17-13-25)35(42)30(48-37)20-23-18-28(38)34(29(19-23)45-3)47-21-22-10-14-26(39)15-11-22/h5-20,33H,4,21H2,1-3H3/b30-20-/t33-/m0/s1. The second kappa shape index (κ2) is 14.4. The number of fused-ring (bicyclic) bond motifs is 1. The monoisotopic (exact) mass is 728 g/mol. The molecular formula is C37H30BrFN2O6S. The quantitative estimate of drug-likeness (QED) is 0.154. The van der Waals surface area contributed by atoms with E-state index in [9.17, 15) is 14.0 Å². The summed E-state index contributed by atoms with van der Waals surface area (Å²) in [5.74, 6) is 0.667. The lowest BCUT2D eigenvalue weighted by Crippen LogP contribution is -2.40. The molecule has 0 N–H and O–H groups in total. The van der Waals surface area contributed by atoms with Crippen molar-refractivity contribution in [3.05, 3.63) is 149 Å². The van der Waals surface area contributed by atoms with Gasteiger partial charge in [0.05, 0.1) is 47.1 Å². The molecule has 0 unspecified atom stereocenters. The lowest BCUT2D eigenvalue weighted by Gasteiger charge is -2.26. The second-order valence-corrected chi connectivity index (χ2v) is 12.5. The van der Waals surface area contributed by atoms with E-state index >= 15 is 0 Å². The van der Waals surface area contributed by atoms with Crippen molar-refractivity contribution < 1.29 is 28.1 Å². The first-order chi connectivity index (χ1) is 23.3. The van der Waals surface area contributed by atoms with Crippen molar-refractivity contribution in [3.63, 3.8) is 0 Å². The number of carbonyl (C=O) groups is 1. The highest BCUT2D eigenvalue weighted by Gasteiger charge is 2.35. The van der Waals surface area contributed by atoms with Crippen molar-refractivity contribution in [3.8, 4) is 17.2 Å². The molecule has 2 heterocycles. The molecule has 0 fully saturated rings. The number of carbonyl (C=O) groups excluding carboxylic acids is 1. The fourth-order valence-electron chi connectivity index (χ4n) is 5.39. The van der Waals surface area contributed by atoms with Crippen LogP contribution in [0.3, 0.4) is 0 Å². The van der Waals surface area contributed by atoms with E-state index in [2.05, 4.69) is 15.9 Å². The molecule has 0 radical (unpaired) electrons. The van der Waals surface area contributed by atoms with E-state index in [0.717, 1.165) is 11.1 Å². The van der Waals surface area contributed by atoms with Crippen LogP contribution in [0.2, 0.25) is 0 Å². The molecule has 0 saturated heterocycles. The first-order valence-electron chi connectivity index (χ1n) is 15.0. The smallest absolute Gasteiger partial charge is 0.338 e. The zero-order valence-corrected chi connectivity index (χ0v) is 28.6. The molecule has 11 heteroatoms. The van der Waals surface area contributed by atoms with Gasteiger partial charge in [-0.2, -0.15) is 0 Å². The number of ether oxygens (including phenoxy) is 4. The van der Waals surface area contributed by atoms with Gasteiger partial charge in [-0.25, -0.2) is 14.2 Å². The third kappa shape index (κ3) is 6.69. The molecule has 6 rings (SSSR count). The normalized spacial score (nSPS) is 14.3. The topological polar surface area (TPSA) is 88.4 Å². The van der Waals surface area contributed by atoms with Crippen molar-refractivity contribution >= 4 is 45.0 Å². The fourth-order valence-corrected chi connectivity index (χ4v) is 6.97. The van der Waals surface area contributed by atoms with Gasteiger partial charge >= 0.3 is 5.97 Å². The van der Waals surface area contributed by atoms with Gasteiger partial charge in [0.2, 0.25) is 0 Å². The molecule has 0 amide bonds. The minimum Gasteiger partial charge on any atom is -0.497 e. The Labute approximate surface area is 288 Å². The van der Waals surface area contributed by atoms with Crippen LogP contribution in [0.5, 0.6) is 17.2 Å². The number of aromatic nitrogens is 1. The molecule has 0 saturated carbocycles. The van der Waals surface area contributed by atoms with Gasteiger partial charge in [0.25, 0.3) is 5.56 Å². The highest BCUT2D eigenvalue weighted by molar-refractivity contribution is 9.10. The molecule has 0 bridgehead atoms.